The molecule has 0 aliphatic rings. The van der Waals surface area contributed by atoms with Crippen LogP contribution in [0.1, 0.15) is 10.4 Å². The Hall–Kier alpha value is -2.63. The molecule has 0 bridgehead atoms. The number of nitrogens with two attached hydrogens (primary N) is 1. The smallest absolute Gasteiger partial charge is 0.258 e. The lowest BCUT2D eigenvalue weighted by atomic mass is 10.2. The lowest BCUT2D eigenvalue weighted by Gasteiger charge is -2.08. The van der Waals surface area contributed by atoms with Crippen molar-refractivity contribution in [3.63, 3.8) is 0 Å². The van der Waals surface area contributed by atoms with Crippen LogP contribution in [0.3, 0.4) is 0 Å². The molecule has 0 aromatic heterocycles. The Balaban J connectivity index is 2.28. The van der Waals surface area contributed by atoms with E-state index in [2.05, 4.69) is 5.32 Å². The maximum Gasteiger partial charge on any atom is 0.258 e. The van der Waals surface area contributed by atoms with Crippen LogP contribution in [0, 0.1) is 11.6 Å². The van der Waals surface area contributed by atoms with Crippen molar-refractivity contribution in [3.8, 4) is 5.75 Å². The Labute approximate surface area is 107 Å². The van der Waals surface area contributed by atoms with Gasteiger partial charge in [0.2, 0.25) is 0 Å². The third-order valence-corrected chi connectivity index (χ3v) is 2.44. The number of nitrogens with one attached hydrogen (secondary N) is 1. The molecule has 2 aromatic carbocycles. The Kier molecular flexibility index (Phi) is 3.33. The number of phenols is 1. The summed E-state index contributed by atoms with van der Waals surface area (Å²) >= 11 is 0. The molecule has 6 heteroatoms. The first-order chi connectivity index (χ1) is 8.97. The Morgan fingerprint density at radius 2 is 1.84 bits per heavy atom. The molecule has 1 amide bonds. The highest BCUT2D eigenvalue weighted by molar-refractivity contribution is 6.04. The largest absolute Gasteiger partial charge is 0.508 e. The van der Waals surface area contributed by atoms with Crippen molar-refractivity contribution in [1.82, 2.24) is 0 Å². The maximum atomic E-state index is 13.4. The van der Waals surface area contributed by atoms with Gasteiger partial charge < -0.3 is 16.2 Å². The topological polar surface area (TPSA) is 75.3 Å². The molecular formula is C13H10F2N2O2. The average Bonchev–Trinajstić information content (AvgIpc) is 2.33. The molecule has 0 radical (unpaired) electrons. The normalized spacial score (nSPS) is 10.2. The van der Waals surface area contributed by atoms with Crippen LogP contribution in [0.5, 0.6) is 5.75 Å². The summed E-state index contributed by atoms with van der Waals surface area (Å²) in [5.41, 5.74) is 5.29. The van der Waals surface area contributed by atoms with Gasteiger partial charge in [0.25, 0.3) is 5.91 Å². The van der Waals surface area contributed by atoms with Crippen molar-refractivity contribution >= 4 is 17.3 Å². The molecular weight excluding hydrogens is 254 g/mol. The summed E-state index contributed by atoms with van der Waals surface area (Å²) < 4.78 is 26.9. The summed E-state index contributed by atoms with van der Waals surface area (Å²) in [5.74, 6) is -2.71. The van der Waals surface area contributed by atoms with Crippen LogP contribution < -0.4 is 11.1 Å². The second kappa shape index (κ2) is 4.93. The highest BCUT2D eigenvalue weighted by Gasteiger charge is 2.14. The zero-order valence-electron chi connectivity index (χ0n) is 9.65. The van der Waals surface area contributed by atoms with E-state index in [9.17, 15) is 13.6 Å². The molecule has 0 saturated carbocycles. The number of carbonyl (C=O) groups is 1. The molecule has 0 aliphatic heterocycles. The van der Waals surface area contributed by atoms with Crippen molar-refractivity contribution in [1.29, 1.82) is 0 Å². The minimum Gasteiger partial charge on any atom is -0.508 e. The van der Waals surface area contributed by atoms with Gasteiger partial charge in [-0.3, -0.25) is 4.79 Å². The van der Waals surface area contributed by atoms with Crippen LogP contribution in [-0.2, 0) is 0 Å². The number of anilines is 2. The number of amides is 1. The third kappa shape index (κ3) is 2.79. The van der Waals surface area contributed by atoms with Crippen LogP contribution in [-0.4, -0.2) is 11.0 Å². The van der Waals surface area contributed by atoms with E-state index in [-0.39, 0.29) is 22.7 Å². The van der Waals surface area contributed by atoms with Crippen molar-refractivity contribution in [2.45, 2.75) is 0 Å². The third-order valence-electron chi connectivity index (χ3n) is 2.44. The predicted octanol–water partition coefficient (Wildman–Crippen LogP) is 2.50. The van der Waals surface area contributed by atoms with E-state index in [1.165, 1.54) is 12.1 Å². The molecule has 0 heterocycles. The number of rotatable bonds is 2. The average molecular weight is 264 g/mol. The predicted molar refractivity (Wildman–Crippen MR) is 66.8 cm³/mol. The first kappa shape index (κ1) is 12.8. The summed E-state index contributed by atoms with van der Waals surface area (Å²) in [6.07, 6.45) is 0. The molecule has 19 heavy (non-hydrogen) atoms. The van der Waals surface area contributed by atoms with E-state index in [1.54, 1.807) is 0 Å². The van der Waals surface area contributed by atoms with E-state index >= 15 is 0 Å². The fourth-order valence-electron chi connectivity index (χ4n) is 1.52. The monoisotopic (exact) mass is 264 g/mol. The quantitative estimate of drug-likeness (QED) is 0.729. The van der Waals surface area contributed by atoms with Crippen LogP contribution in [0.4, 0.5) is 20.2 Å². The first-order valence-electron chi connectivity index (χ1n) is 5.32. The molecule has 2 rings (SSSR count). The van der Waals surface area contributed by atoms with Crippen molar-refractivity contribution in [3.05, 3.63) is 53.6 Å². The molecule has 98 valence electrons. The lowest BCUT2D eigenvalue weighted by molar-refractivity contribution is 0.102. The number of hydrogen-bond donors (Lipinski definition) is 3. The number of aromatic hydroxyl groups is 1. The van der Waals surface area contributed by atoms with E-state index < -0.39 is 17.5 Å². The molecule has 0 aliphatic carbocycles. The molecule has 0 unspecified atom stereocenters. The van der Waals surface area contributed by atoms with Gasteiger partial charge in [-0.05, 0) is 30.3 Å². The number of nitrogen functional groups attached to an aromatic ring is 1. The van der Waals surface area contributed by atoms with Gasteiger partial charge in [-0.15, -0.1) is 0 Å². The number of carbonyl (C=O) groups excluding carboxylic acids is 1. The van der Waals surface area contributed by atoms with Gasteiger partial charge in [0.15, 0.2) is 0 Å². The Morgan fingerprint density at radius 3 is 2.53 bits per heavy atom. The van der Waals surface area contributed by atoms with Crippen molar-refractivity contribution < 1.29 is 18.7 Å². The maximum absolute atomic E-state index is 13.4. The van der Waals surface area contributed by atoms with E-state index in [0.717, 1.165) is 24.3 Å². The number of hydrogen-bond acceptors (Lipinski definition) is 3. The molecule has 4 nitrogen and oxygen atoms in total. The lowest BCUT2D eigenvalue weighted by Crippen LogP contribution is -2.14. The zero-order chi connectivity index (χ0) is 14.0. The first-order valence-corrected chi connectivity index (χ1v) is 5.32. The highest BCUT2D eigenvalue weighted by atomic mass is 19.1. The zero-order valence-corrected chi connectivity index (χ0v) is 9.65. The molecule has 4 N–H and O–H groups in total. The second-order valence-electron chi connectivity index (χ2n) is 3.86. The van der Waals surface area contributed by atoms with Crippen LogP contribution in [0.2, 0.25) is 0 Å². The van der Waals surface area contributed by atoms with Gasteiger partial charge >= 0.3 is 0 Å². The summed E-state index contributed by atoms with van der Waals surface area (Å²) in [6, 6.07) is 6.72. The standard InChI is InChI=1S/C13H10F2N2O2/c14-10-4-1-7(16)5-12(10)17-13(19)9-3-2-8(18)6-11(9)15/h1-6,18H,16H2,(H,17,19). The summed E-state index contributed by atoms with van der Waals surface area (Å²) in [6.45, 7) is 0. The summed E-state index contributed by atoms with van der Waals surface area (Å²) in [4.78, 5) is 11.8. The number of phenolic OH excluding ortho intramolecular Hbond substituents is 1. The van der Waals surface area contributed by atoms with Gasteiger partial charge in [-0.25, -0.2) is 8.78 Å². The van der Waals surface area contributed by atoms with Gasteiger partial charge in [0.05, 0.1) is 11.3 Å². The number of benzene rings is 2. The van der Waals surface area contributed by atoms with Crippen molar-refractivity contribution in [2.75, 3.05) is 11.1 Å². The number of halogens is 2. The minimum absolute atomic E-state index is 0.141. The van der Waals surface area contributed by atoms with Gasteiger partial charge in [-0.2, -0.15) is 0 Å². The molecule has 0 saturated heterocycles. The SMILES string of the molecule is Nc1ccc(F)c(NC(=O)c2ccc(O)cc2F)c1. The van der Waals surface area contributed by atoms with E-state index in [4.69, 9.17) is 10.8 Å². The fraction of sp³-hybridized carbons (Fsp3) is 0. The van der Waals surface area contributed by atoms with Gasteiger partial charge in [0.1, 0.15) is 17.4 Å². The molecule has 0 fully saturated rings. The van der Waals surface area contributed by atoms with E-state index in [1.807, 2.05) is 0 Å². The van der Waals surface area contributed by atoms with Crippen LogP contribution >= 0.6 is 0 Å². The molecule has 0 atom stereocenters. The van der Waals surface area contributed by atoms with Gasteiger partial charge in [-0.1, -0.05) is 0 Å². The second-order valence-corrected chi connectivity index (χ2v) is 3.86. The Morgan fingerprint density at radius 1 is 1.11 bits per heavy atom. The van der Waals surface area contributed by atoms with Crippen molar-refractivity contribution in [2.24, 2.45) is 0 Å². The fourth-order valence-corrected chi connectivity index (χ4v) is 1.52. The summed E-state index contributed by atoms with van der Waals surface area (Å²) in [7, 11) is 0. The highest BCUT2D eigenvalue weighted by Crippen LogP contribution is 2.20. The molecule has 2 aromatic rings. The van der Waals surface area contributed by atoms with E-state index in [0.29, 0.717) is 0 Å². The van der Waals surface area contributed by atoms with Crippen LogP contribution in [0.25, 0.3) is 0 Å². The minimum atomic E-state index is -0.901. The van der Waals surface area contributed by atoms with Gasteiger partial charge in [0, 0.05) is 11.8 Å². The molecule has 0 spiro atoms. The summed E-state index contributed by atoms with van der Waals surface area (Å²) in [5, 5.41) is 11.3. The van der Waals surface area contributed by atoms with Crippen LogP contribution in [0.15, 0.2) is 36.4 Å². The Bertz CT molecular complexity index is 645.